The minimum absolute atomic E-state index is 0.0303. The first-order valence-corrected chi connectivity index (χ1v) is 8.21. The van der Waals surface area contributed by atoms with Gasteiger partial charge in [-0.1, -0.05) is 23.8 Å². The highest BCUT2D eigenvalue weighted by atomic mass is 16.5. The lowest BCUT2D eigenvalue weighted by molar-refractivity contribution is -0.152. The minimum atomic E-state index is -0.899. The second-order valence-electron chi connectivity index (χ2n) is 5.85. The summed E-state index contributed by atoms with van der Waals surface area (Å²) in [6, 6.07) is 12.6. The number of esters is 1. The molecule has 138 valence electrons. The standard InChI is InChI=1S/C20H23NO5/c1-13-5-8-16(9-6-13)21-20(23)14(2)26-19(22)12-15-7-10-17(24-3)18(11-15)25-4/h5-11,14H,12H2,1-4H3,(H,21,23)/t14-/m0/s1. The Kier molecular flexibility index (Phi) is 6.60. The zero-order chi connectivity index (χ0) is 19.1. The van der Waals surface area contributed by atoms with Crippen molar-refractivity contribution in [1.29, 1.82) is 0 Å². The van der Waals surface area contributed by atoms with Crippen molar-refractivity contribution >= 4 is 17.6 Å². The summed E-state index contributed by atoms with van der Waals surface area (Å²) in [4.78, 5) is 24.2. The van der Waals surface area contributed by atoms with Gasteiger partial charge in [-0.15, -0.1) is 0 Å². The van der Waals surface area contributed by atoms with E-state index in [0.717, 1.165) is 5.56 Å². The van der Waals surface area contributed by atoms with Crippen molar-refractivity contribution < 1.29 is 23.8 Å². The highest BCUT2D eigenvalue weighted by Crippen LogP contribution is 2.27. The molecule has 1 atom stereocenters. The van der Waals surface area contributed by atoms with Gasteiger partial charge < -0.3 is 19.5 Å². The molecule has 2 rings (SSSR count). The van der Waals surface area contributed by atoms with E-state index in [1.165, 1.54) is 14.0 Å². The maximum Gasteiger partial charge on any atom is 0.311 e. The molecule has 0 aliphatic heterocycles. The molecule has 0 radical (unpaired) electrons. The average molecular weight is 357 g/mol. The van der Waals surface area contributed by atoms with Crippen molar-refractivity contribution in [2.75, 3.05) is 19.5 Å². The molecule has 0 aromatic heterocycles. The van der Waals surface area contributed by atoms with Crippen LogP contribution in [0.1, 0.15) is 18.1 Å². The monoisotopic (exact) mass is 357 g/mol. The molecular weight excluding hydrogens is 334 g/mol. The quantitative estimate of drug-likeness (QED) is 0.771. The number of ether oxygens (including phenoxy) is 3. The molecule has 0 unspecified atom stereocenters. The summed E-state index contributed by atoms with van der Waals surface area (Å²) in [6.45, 7) is 3.50. The summed E-state index contributed by atoms with van der Waals surface area (Å²) in [5.74, 6) is 0.233. The molecule has 0 heterocycles. The average Bonchev–Trinajstić information content (AvgIpc) is 2.63. The fraction of sp³-hybridized carbons (Fsp3) is 0.300. The van der Waals surface area contributed by atoms with E-state index in [-0.39, 0.29) is 12.3 Å². The van der Waals surface area contributed by atoms with Gasteiger partial charge in [0.25, 0.3) is 5.91 Å². The van der Waals surface area contributed by atoms with Crippen LogP contribution < -0.4 is 14.8 Å². The van der Waals surface area contributed by atoms with E-state index in [2.05, 4.69) is 5.32 Å². The number of methoxy groups -OCH3 is 2. The van der Waals surface area contributed by atoms with Crippen molar-refractivity contribution in [3.8, 4) is 11.5 Å². The van der Waals surface area contributed by atoms with Crippen LogP contribution in [-0.2, 0) is 20.7 Å². The largest absolute Gasteiger partial charge is 0.493 e. The molecule has 0 spiro atoms. The lowest BCUT2D eigenvalue weighted by Gasteiger charge is -2.14. The predicted molar refractivity (Wildman–Crippen MR) is 98.6 cm³/mol. The predicted octanol–water partition coefficient (Wildman–Crippen LogP) is 3.13. The molecule has 0 aliphatic carbocycles. The van der Waals surface area contributed by atoms with Crippen LogP contribution in [0, 0.1) is 6.92 Å². The Labute approximate surface area is 153 Å². The molecule has 0 bridgehead atoms. The van der Waals surface area contributed by atoms with Gasteiger partial charge in [0.15, 0.2) is 17.6 Å². The van der Waals surface area contributed by atoms with Crippen molar-refractivity contribution in [2.24, 2.45) is 0 Å². The number of aryl methyl sites for hydroxylation is 1. The first-order chi connectivity index (χ1) is 12.4. The Morgan fingerprint density at radius 2 is 1.65 bits per heavy atom. The molecule has 6 nitrogen and oxygen atoms in total. The third-order valence-corrected chi connectivity index (χ3v) is 3.79. The molecule has 0 saturated heterocycles. The molecule has 26 heavy (non-hydrogen) atoms. The lowest BCUT2D eigenvalue weighted by atomic mass is 10.1. The van der Waals surface area contributed by atoms with E-state index >= 15 is 0 Å². The Bertz CT molecular complexity index is 770. The minimum Gasteiger partial charge on any atom is -0.493 e. The summed E-state index contributed by atoms with van der Waals surface area (Å²) in [5, 5.41) is 2.72. The van der Waals surface area contributed by atoms with Crippen LogP contribution in [0.3, 0.4) is 0 Å². The molecule has 0 fully saturated rings. The van der Waals surface area contributed by atoms with E-state index in [1.807, 2.05) is 19.1 Å². The topological polar surface area (TPSA) is 73.9 Å². The van der Waals surface area contributed by atoms with Crippen molar-refractivity contribution in [3.63, 3.8) is 0 Å². The number of hydrogen-bond acceptors (Lipinski definition) is 5. The zero-order valence-electron chi connectivity index (χ0n) is 15.4. The summed E-state index contributed by atoms with van der Waals surface area (Å²) in [5.41, 5.74) is 2.46. The Morgan fingerprint density at radius 3 is 2.27 bits per heavy atom. The fourth-order valence-electron chi connectivity index (χ4n) is 2.33. The number of hydrogen-bond donors (Lipinski definition) is 1. The third kappa shape index (κ3) is 5.24. The van der Waals surface area contributed by atoms with Crippen LogP contribution in [0.15, 0.2) is 42.5 Å². The summed E-state index contributed by atoms with van der Waals surface area (Å²) >= 11 is 0. The first-order valence-electron chi connectivity index (χ1n) is 8.21. The summed E-state index contributed by atoms with van der Waals surface area (Å²) in [6.07, 6.45) is -0.869. The molecule has 6 heteroatoms. The maximum atomic E-state index is 12.1. The Balaban J connectivity index is 1.92. The SMILES string of the molecule is COc1ccc(CC(=O)O[C@@H](C)C(=O)Nc2ccc(C)cc2)cc1OC. The number of amides is 1. The van der Waals surface area contributed by atoms with E-state index in [0.29, 0.717) is 22.7 Å². The molecule has 2 aromatic rings. The van der Waals surface area contributed by atoms with Crippen LogP contribution in [0.25, 0.3) is 0 Å². The fourth-order valence-corrected chi connectivity index (χ4v) is 2.33. The van der Waals surface area contributed by atoms with Gasteiger partial charge in [-0.05, 0) is 43.7 Å². The summed E-state index contributed by atoms with van der Waals surface area (Å²) in [7, 11) is 3.07. The molecule has 0 saturated carbocycles. The first kappa shape index (κ1) is 19.3. The van der Waals surface area contributed by atoms with E-state index in [1.54, 1.807) is 37.4 Å². The number of anilines is 1. The molecule has 0 aliphatic rings. The zero-order valence-corrected chi connectivity index (χ0v) is 15.4. The van der Waals surface area contributed by atoms with Gasteiger partial charge in [-0.2, -0.15) is 0 Å². The van der Waals surface area contributed by atoms with Gasteiger partial charge in [0.05, 0.1) is 20.6 Å². The van der Waals surface area contributed by atoms with Crippen LogP contribution in [0.5, 0.6) is 11.5 Å². The highest BCUT2D eigenvalue weighted by molar-refractivity contribution is 5.95. The van der Waals surface area contributed by atoms with Crippen molar-refractivity contribution in [2.45, 2.75) is 26.4 Å². The van der Waals surface area contributed by atoms with Crippen molar-refractivity contribution in [1.82, 2.24) is 0 Å². The smallest absolute Gasteiger partial charge is 0.311 e. The highest BCUT2D eigenvalue weighted by Gasteiger charge is 2.18. The Morgan fingerprint density at radius 1 is 1.00 bits per heavy atom. The Hall–Kier alpha value is -3.02. The van der Waals surface area contributed by atoms with Crippen LogP contribution in [-0.4, -0.2) is 32.2 Å². The van der Waals surface area contributed by atoms with E-state index in [9.17, 15) is 9.59 Å². The van der Waals surface area contributed by atoms with Gasteiger partial charge in [0, 0.05) is 5.69 Å². The van der Waals surface area contributed by atoms with E-state index in [4.69, 9.17) is 14.2 Å². The molecular formula is C20H23NO5. The van der Waals surface area contributed by atoms with Gasteiger partial charge >= 0.3 is 5.97 Å². The van der Waals surface area contributed by atoms with Gasteiger partial charge in [-0.25, -0.2) is 0 Å². The number of benzene rings is 2. The van der Waals surface area contributed by atoms with Crippen LogP contribution in [0.2, 0.25) is 0 Å². The van der Waals surface area contributed by atoms with Crippen LogP contribution in [0.4, 0.5) is 5.69 Å². The second-order valence-corrected chi connectivity index (χ2v) is 5.85. The van der Waals surface area contributed by atoms with Gasteiger partial charge in [-0.3, -0.25) is 9.59 Å². The summed E-state index contributed by atoms with van der Waals surface area (Å²) < 4.78 is 15.6. The third-order valence-electron chi connectivity index (χ3n) is 3.79. The van der Waals surface area contributed by atoms with Gasteiger partial charge in [0.2, 0.25) is 0 Å². The molecule has 2 aromatic carbocycles. The second kappa shape index (κ2) is 8.89. The van der Waals surface area contributed by atoms with Crippen LogP contribution >= 0.6 is 0 Å². The lowest BCUT2D eigenvalue weighted by Crippen LogP contribution is -2.30. The maximum absolute atomic E-state index is 12.1. The molecule has 1 N–H and O–H groups in total. The number of nitrogens with one attached hydrogen (secondary N) is 1. The van der Waals surface area contributed by atoms with E-state index < -0.39 is 12.1 Å². The number of carbonyl (C=O) groups is 2. The van der Waals surface area contributed by atoms with Crippen molar-refractivity contribution in [3.05, 3.63) is 53.6 Å². The normalized spacial score (nSPS) is 11.4. The number of carbonyl (C=O) groups excluding carboxylic acids is 2. The number of rotatable bonds is 7. The molecule has 1 amide bonds. The van der Waals surface area contributed by atoms with Gasteiger partial charge in [0.1, 0.15) is 0 Å².